The number of benzene rings is 1. The first-order valence-electron chi connectivity index (χ1n) is 5.96. The number of hydrogen-bond donors (Lipinski definition) is 1. The molecule has 0 spiro atoms. The Labute approximate surface area is 111 Å². The van der Waals surface area contributed by atoms with Crippen molar-refractivity contribution in [1.82, 2.24) is 15.1 Å². The molecule has 0 aliphatic heterocycles. The predicted molar refractivity (Wildman–Crippen MR) is 70.1 cm³/mol. The SMILES string of the molecule is Cn1cc(C(=O)NC(C)(C)c2ccccc2F)cn1. The Morgan fingerprint density at radius 1 is 1.37 bits per heavy atom. The van der Waals surface area contributed by atoms with Gasteiger partial charge in [-0.15, -0.1) is 0 Å². The van der Waals surface area contributed by atoms with Crippen molar-refractivity contribution in [2.24, 2.45) is 7.05 Å². The minimum atomic E-state index is -0.793. The molecule has 4 nitrogen and oxygen atoms in total. The van der Waals surface area contributed by atoms with Crippen LogP contribution in [0.2, 0.25) is 0 Å². The van der Waals surface area contributed by atoms with Gasteiger partial charge in [-0.3, -0.25) is 9.48 Å². The quantitative estimate of drug-likeness (QED) is 0.921. The number of hydrogen-bond acceptors (Lipinski definition) is 2. The lowest BCUT2D eigenvalue weighted by atomic mass is 9.93. The van der Waals surface area contributed by atoms with E-state index >= 15 is 0 Å². The number of carbonyl (C=O) groups is 1. The van der Waals surface area contributed by atoms with Crippen molar-refractivity contribution in [3.05, 3.63) is 53.6 Å². The molecule has 0 aliphatic carbocycles. The minimum absolute atomic E-state index is 0.277. The van der Waals surface area contributed by atoms with Gasteiger partial charge in [0.05, 0.1) is 17.3 Å². The summed E-state index contributed by atoms with van der Waals surface area (Å²) in [4.78, 5) is 12.1. The summed E-state index contributed by atoms with van der Waals surface area (Å²) >= 11 is 0. The molecule has 1 heterocycles. The highest BCUT2D eigenvalue weighted by molar-refractivity contribution is 5.94. The molecular formula is C14H16FN3O. The summed E-state index contributed by atoms with van der Waals surface area (Å²) in [6.07, 6.45) is 3.10. The number of rotatable bonds is 3. The van der Waals surface area contributed by atoms with Crippen molar-refractivity contribution in [2.45, 2.75) is 19.4 Å². The normalized spacial score (nSPS) is 11.4. The zero-order valence-electron chi connectivity index (χ0n) is 11.1. The lowest BCUT2D eigenvalue weighted by Crippen LogP contribution is -2.41. The van der Waals surface area contributed by atoms with Gasteiger partial charge in [-0.05, 0) is 19.9 Å². The van der Waals surface area contributed by atoms with Crippen LogP contribution in [0.5, 0.6) is 0 Å². The van der Waals surface area contributed by atoms with Crippen LogP contribution in [0.3, 0.4) is 0 Å². The fourth-order valence-electron chi connectivity index (χ4n) is 1.93. The maximum atomic E-state index is 13.8. The lowest BCUT2D eigenvalue weighted by molar-refractivity contribution is 0.0910. The molecule has 1 N–H and O–H groups in total. The average molecular weight is 261 g/mol. The van der Waals surface area contributed by atoms with Gasteiger partial charge in [0.2, 0.25) is 0 Å². The Hall–Kier alpha value is -2.17. The van der Waals surface area contributed by atoms with Crippen LogP contribution in [-0.2, 0) is 12.6 Å². The van der Waals surface area contributed by atoms with Crippen molar-refractivity contribution in [1.29, 1.82) is 0 Å². The first-order valence-corrected chi connectivity index (χ1v) is 5.96. The lowest BCUT2D eigenvalue weighted by Gasteiger charge is -2.27. The topological polar surface area (TPSA) is 46.9 Å². The third kappa shape index (κ3) is 2.81. The van der Waals surface area contributed by atoms with Gasteiger partial charge in [-0.25, -0.2) is 4.39 Å². The molecule has 0 radical (unpaired) electrons. The molecule has 0 aliphatic rings. The van der Waals surface area contributed by atoms with Gasteiger partial charge in [0.1, 0.15) is 5.82 Å². The van der Waals surface area contributed by atoms with Gasteiger partial charge in [-0.1, -0.05) is 18.2 Å². The van der Waals surface area contributed by atoms with Crippen molar-refractivity contribution >= 4 is 5.91 Å². The smallest absolute Gasteiger partial charge is 0.255 e. The second kappa shape index (κ2) is 4.84. The van der Waals surface area contributed by atoms with E-state index in [0.717, 1.165) is 0 Å². The van der Waals surface area contributed by atoms with E-state index in [1.807, 2.05) is 0 Å². The van der Waals surface area contributed by atoms with Crippen LogP contribution in [0.15, 0.2) is 36.7 Å². The Bertz CT molecular complexity index is 604. The highest BCUT2D eigenvalue weighted by Crippen LogP contribution is 2.23. The Balaban J connectivity index is 2.22. The van der Waals surface area contributed by atoms with Gasteiger partial charge < -0.3 is 5.32 Å². The minimum Gasteiger partial charge on any atom is -0.343 e. The molecule has 0 atom stereocenters. The summed E-state index contributed by atoms with van der Waals surface area (Å²) in [5.41, 5.74) is 0.109. The molecule has 1 amide bonds. The Morgan fingerprint density at radius 3 is 2.63 bits per heavy atom. The second-order valence-corrected chi connectivity index (χ2v) is 4.96. The zero-order valence-corrected chi connectivity index (χ0v) is 11.1. The molecule has 1 aromatic carbocycles. The highest BCUT2D eigenvalue weighted by Gasteiger charge is 2.26. The molecule has 19 heavy (non-hydrogen) atoms. The highest BCUT2D eigenvalue weighted by atomic mass is 19.1. The van der Waals surface area contributed by atoms with Crippen molar-refractivity contribution < 1.29 is 9.18 Å². The number of carbonyl (C=O) groups excluding carboxylic acids is 1. The fourth-order valence-corrected chi connectivity index (χ4v) is 1.93. The van der Waals surface area contributed by atoms with Crippen LogP contribution < -0.4 is 5.32 Å². The molecule has 0 bridgehead atoms. The summed E-state index contributed by atoms with van der Waals surface area (Å²) in [7, 11) is 1.73. The molecular weight excluding hydrogens is 245 g/mol. The fraction of sp³-hybridized carbons (Fsp3) is 0.286. The molecule has 0 fully saturated rings. The van der Waals surface area contributed by atoms with E-state index in [1.165, 1.54) is 12.3 Å². The van der Waals surface area contributed by atoms with Crippen LogP contribution >= 0.6 is 0 Å². The van der Waals surface area contributed by atoms with Gasteiger partial charge in [0, 0.05) is 18.8 Å². The van der Waals surface area contributed by atoms with Crippen LogP contribution in [0.4, 0.5) is 4.39 Å². The van der Waals surface area contributed by atoms with E-state index in [-0.39, 0.29) is 11.7 Å². The number of nitrogens with one attached hydrogen (secondary N) is 1. The summed E-state index contributed by atoms with van der Waals surface area (Å²) in [5, 5.41) is 6.75. The average Bonchev–Trinajstić information content (AvgIpc) is 2.76. The van der Waals surface area contributed by atoms with E-state index in [9.17, 15) is 9.18 Å². The van der Waals surface area contributed by atoms with E-state index in [4.69, 9.17) is 0 Å². The number of amides is 1. The molecule has 0 saturated heterocycles. The summed E-state index contributed by atoms with van der Waals surface area (Å²) in [5.74, 6) is -0.611. The van der Waals surface area contributed by atoms with E-state index in [2.05, 4.69) is 10.4 Å². The van der Waals surface area contributed by atoms with Crippen molar-refractivity contribution in [3.63, 3.8) is 0 Å². The van der Waals surface area contributed by atoms with Crippen LogP contribution in [0.1, 0.15) is 29.8 Å². The molecule has 5 heteroatoms. The summed E-state index contributed by atoms with van der Waals surface area (Å²) < 4.78 is 15.3. The van der Waals surface area contributed by atoms with Gasteiger partial charge >= 0.3 is 0 Å². The molecule has 0 saturated carbocycles. The number of halogens is 1. The molecule has 0 unspecified atom stereocenters. The third-order valence-electron chi connectivity index (χ3n) is 2.94. The number of aromatic nitrogens is 2. The standard InChI is InChI=1S/C14H16FN3O/c1-14(2,11-6-4-5-7-12(11)15)17-13(19)10-8-16-18(3)9-10/h4-9H,1-3H3,(H,17,19). The predicted octanol–water partition coefficient (Wildman–Crippen LogP) is 2.22. The summed E-state index contributed by atoms with van der Waals surface area (Å²) in [6, 6.07) is 6.42. The van der Waals surface area contributed by atoms with Gasteiger partial charge in [0.25, 0.3) is 5.91 Å². The molecule has 1 aromatic heterocycles. The molecule has 2 rings (SSSR count). The van der Waals surface area contributed by atoms with E-state index in [0.29, 0.717) is 11.1 Å². The van der Waals surface area contributed by atoms with Crippen LogP contribution in [0, 0.1) is 5.82 Å². The second-order valence-electron chi connectivity index (χ2n) is 4.96. The third-order valence-corrected chi connectivity index (χ3v) is 2.94. The van der Waals surface area contributed by atoms with Crippen molar-refractivity contribution in [2.75, 3.05) is 0 Å². The van der Waals surface area contributed by atoms with Crippen LogP contribution in [0.25, 0.3) is 0 Å². The van der Waals surface area contributed by atoms with E-state index in [1.54, 1.807) is 50.0 Å². The van der Waals surface area contributed by atoms with Crippen molar-refractivity contribution in [3.8, 4) is 0 Å². The largest absolute Gasteiger partial charge is 0.343 e. The maximum absolute atomic E-state index is 13.8. The summed E-state index contributed by atoms with van der Waals surface area (Å²) in [6.45, 7) is 3.53. The number of nitrogens with zero attached hydrogens (tertiary/aromatic N) is 2. The molecule has 100 valence electrons. The first-order chi connectivity index (χ1) is 8.90. The van der Waals surface area contributed by atoms with Gasteiger partial charge in [0.15, 0.2) is 0 Å². The Morgan fingerprint density at radius 2 is 2.05 bits per heavy atom. The monoisotopic (exact) mass is 261 g/mol. The first kappa shape index (κ1) is 13.3. The molecule has 2 aromatic rings. The number of aryl methyl sites for hydroxylation is 1. The zero-order chi connectivity index (χ0) is 14.0. The maximum Gasteiger partial charge on any atom is 0.255 e. The van der Waals surface area contributed by atoms with E-state index < -0.39 is 5.54 Å². The van der Waals surface area contributed by atoms with Crippen LogP contribution in [-0.4, -0.2) is 15.7 Å². The van der Waals surface area contributed by atoms with Gasteiger partial charge in [-0.2, -0.15) is 5.10 Å². The Kier molecular flexibility index (Phi) is 3.38.